The Morgan fingerprint density at radius 2 is 2.00 bits per heavy atom. The SMILES string of the molecule is CN=C(NCc1ccc(F)c(CN(C)C)c1)NC1CCN(c2ccccc2OC(F)F)C1.I. The molecule has 0 amide bonds. The van der Waals surface area contributed by atoms with Gasteiger partial charge in [-0.05, 0) is 50.3 Å². The van der Waals surface area contributed by atoms with E-state index >= 15 is 0 Å². The summed E-state index contributed by atoms with van der Waals surface area (Å²) in [5.74, 6) is 0.593. The van der Waals surface area contributed by atoms with Crippen LogP contribution in [0.1, 0.15) is 17.5 Å². The summed E-state index contributed by atoms with van der Waals surface area (Å²) in [7, 11) is 5.49. The van der Waals surface area contributed by atoms with Crippen molar-refractivity contribution in [3.8, 4) is 5.75 Å². The molecule has 1 aliphatic rings. The van der Waals surface area contributed by atoms with Crippen LogP contribution in [0.4, 0.5) is 18.9 Å². The summed E-state index contributed by atoms with van der Waals surface area (Å²) in [6.45, 7) is -0.485. The van der Waals surface area contributed by atoms with Gasteiger partial charge in [0.05, 0.1) is 5.69 Å². The van der Waals surface area contributed by atoms with Gasteiger partial charge in [-0.3, -0.25) is 4.99 Å². The van der Waals surface area contributed by atoms with E-state index in [-0.39, 0.29) is 41.6 Å². The number of para-hydroxylation sites is 2. The number of rotatable bonds is 8. The van der Waals surface area contributed by atoms with Crippen LogP contribution in [0, 0.1) is 5.82 Å². The van der Waals surface area contributed by atoms with Crippen molar-refractivity contribution < 1.29 is 17.9 Å². The zero-order chi connectivity index (χ0) is 23.1. The van der Waals surface area contributed by atoms with Crippen molar-refractivity contribution in [1.82, 2.24) is 15.5 Å². The Bertz CT molecular complexity index is 929. The number of hydrogen-bond donors (Lipinski definition) is 2. The second-order valence-electron chi connectivity index (χ2n) is 8.01. The number of hydrogen-bond acceptors (Lipinski definition) is 4. The van der Waals surface area contributed by atoms with E-state index in [4.69, 9.17) is 0 Å². The minimum Gasteiger partial charge on any atom is -0.433 e. The van der Waals surface area contributed by atoms with Gasteiger partial charge < -0.3 is 25.2 Å². The van der Waals surface area contributed by atoms with Crippen molar-refractivity contribution >= 4 is 35.6 Å². The van der Waals surface area contributed by atoms with Crippen molar-refractivity contribution in [2.75, 3.05) is 39.1 Å². The highest BCUT2D eigenvalue weighted by molar-refractivity contribution is 14.0. The molecular weight excluding hydrogens is 546 g/mol. The van der Waals surface area contributed by atoms with Gasteiger partial charge in [-0.1, -0.05) is 18.2 Å². The molecule has 0 aromatic heterocycles. The van der Waals surface area contributed by atoms with E-state index in [1.807, 2.05) is 36.0 Å². The molecule has 2 aromatic rings. The quantitative estimate of drug-likeness (QED) is 0.282. The number of guanidine groups is 1. The van der Waals surface area contributed by atoms with Gasteiger partial charge >= 0.3 is 6.61 Å². The van der Waals surface area contributed by atoms with Crippen LogP contribution >= 0.6 is 24.0 Å². The van der Waals surface area contributed by atoms with Gasteiger partial charge in [0.2, 0.25) is 0 Å². The Morgan fingerprint density at radius 3 is 2.70 bits per heavy atom. The number of ether oxygens (including phenoxy) is 1. The maximum Gasteiger partial charge on any atom is 0.387 e. The molecule has 1 aliphatic heterocycles. The summed E-state index contributed by atoms with van der Waals surface area (Å²) in [6, 6.07) is 12.0. The third kappa shape index (κ3) is 7.95. The Labute approximate surface area is 210 Å². The van der Waals surface area contributed by atoms with Crippen LogP contribution in [0.5, 0.6) is 5.75 Å². The molecule has 1 heterocycles. The van der Waals surface area contributed by atoms with Crippen LogP contribution in [0.15, 0.2) is 47.5 Å². The average molecular weight is 577 g/mol. The first-order valence-electron chi connectivity index (χ1n) is 10.5. The predicted octanol–water partition coefficient (Wildman–Crippen LogP) is 4.05. The molecule has 6 nitrogen and oxygen atoms in total. The smallest absolute Gasteiger partial charge is 0.387 e. The first kappa shape index (κ1) is 27.0. The lowest BCUT2D eigenvalue weighted by Gasteiger charge is -2.22. The second-order valence-corrected chi connectivity index (χ2v) is 8.01. The molecule has 1 unspecified atom stereocenters. The van der Waals surface area contributed by atoms with E-state index in [0.29, 0.717) is 43.4 Å². The molecule has 2 aromatic carbocycles. The fourth-order valence-electron chi connectivity index (χ4n) is 3.78. The molecule has 10 heteroatoms. The molecular formula is C23H31F3IN5O. The second kappa shape index (κ2) is 12.9. The predicted molar refractivity (Wildman–Crippen MR) is 136 cm³/mol. The molecule has 3 rings (SSSR count). The first-order chi connectivity index (χ1) is 15.4. The zero-order valence-corrected chi connectivity index (χ0v) is 21.4. The topological polar surface area (TPSA) is 52.1 Å². The van der Waals surface area contributed by atoms with Crippen molar-refractivity contribution in [3.63, 3.8) is 0 Å². The highest BCUT2D eigenvalue weighted by Gasteiger charge is 2.26. The van der Waals surface area contributed by atoms with Crippen molar-refractivity contribution in [3.05, 3.63) is 59.4 Å². The molecule has 182 valence electrons. The Hall–Kier alpha value is -2.21. The maximum atomic E-state index is 14.0. The van der Waals surface area contributed by atoms with E-state index in [2.05, 4.69) is 20.4 Å². The zero-order valence-electron chi connectivity index (χ0n) is 19.0. The maximum absolute atomic E-state index is 14.0. The van der Waals surface area contributed by atoms with E-state index < -0.39 is 6.61 Å². The largest absolute Gasteiger partial charge is 0.433 e. The van der Waals surface area contributed by atoms with Gasteiger partial charge in [0.1, 0.15) is 11.6 Å². The molecule has 0 spiro atoms. The van der Waals surface area contributed by atoms with Gasteiger partial charge in [0.25, 0.3) is 0 Å². The number of benzene rings is 2. The Balaban J connectivity index is 0.00000385. The number of halogens is 4. The van der Waals surface area contributed by atoms with Gasteiger partial charge in [-0.25, -0.2) is 4.39 Å². The molecule has 0 radical (unpaired) electrons. The number of nitrogens with zero attached hydrogens (tertiary/aromatic N) is 3. The summed E-state index contributed by atoms with van der Waals surface area (Å²) in [4.78, 5) is 8.23. The van der Waals surface area contributed by atoms with E-state index in [0.717, 1.165) is 12.0 Å². The van der Waals surface area contributed by atoms with Gasteiger partial charge in [0, 0.05) is 44.8 Å². The molecule has 1 fully saturated rings. The van der Waals surface area contributed by atoms with Crippen LogP contribution in [-0.4, -0.2) is 57.7 Å². The lowest BCUT2D eigenvalue weighted by molar-refractivity contribution is -0.0495. The molecule has 1 atom stereocenters. The lowest BCUT2D eigenvalue weighted by atomic mass is 10.1. The summed E-state index contributed by atoms with van der Waals surface area (Å²) < 4.78 is 44.1. The Kier molecular flexibility index (Phi) is 10.6. The van der Waals surface area contributed by atoms with Gasteiger partial charge in [-0.15, -0.1) is 24.0 Å². The third-order valence-electron chi connectivity index (χ3n) is 5.23. The van der Waals surface area contributed by atoms with Crippen LogP contribution in [-0.2, 0) is 13.1 Å². The van der Waals surface area contributed by atoms with E-state index in [1.165, 1.54) is 6.07 Å². The van der Waals surface area contributed by atoms with Crippen LogP contribution in [0.25, 0.3) is 0 Å². The molecule has 2 N–H and O–H groups in total. The third-order valence-corrected chi connectivity index (χ3v) is 5.23. The monoisotopic (exact) mass is 577 g/mol. The minimum absolute atomic E-state index is 0. The van der Waals surface area contributed by atoms with Crippen LogP contribution in [0.3, 0.4) is 0 Å². The Morgan fingerprint density at radius 1 is 1.24 bits per heavy atom. The van der Waals surface area contributed by atoms with Crippen LogP contribution < -0.4 is 20.3 Å². The highest BCUT2D eigenvalue weighted by Crippen LogP contribution is 2.31. The number of alkyl halides is 2. The van der Waals surface area contributed by atoms with Crippen molar-refractivity contribution in [1.29, 1.82) is 0 Å². The molecule has 1 saturated heterocycles. The summed E-state index contributed by atoms with van der Waals surface area (Å²) in [5.41, 5.74) is 2.26. The van der Waals surface area contributed by atoms with Crippen molar-refractivity contribution in [2.45, 2.75) is 32.2 Å². The summed E-state index contributed by atoms with van der Waals surface area (Å²) in [6.07, 6.45) is 0.827. The fraction of sp³-hybridized carbons (Fsp3) is 0.435. The lowest BCUT2D eigenvalue weighted by Crippen LogP contribution is -2.44. The number of anilines is 1. The highest BCUT2D eigenvalue weighted by atomic mass is 127. The van der Waals surface area contributed by atoms with E-state index in [1.54, 1.807) is 31.3 Å². The fourth-order valence-corrected chi connectivity index (χ4v) is 3.78. The normalized spacial score (nSPS) is 16.2. The average Bonchev–Trinajstić information content (AvgIpc) is 3.21. The van der Waals surface area contributed by atoms with Crippen molar-refractivity contribution in [2.24, 2.45) is 4.99 Å². The van der Waals surface area contributed by atoms with Gasteiger partial charge in [-0.2, -0.15) is 8.78 Å². The minimum atomic E-state index is -2.86. The molecule has 0 bridgehead atoms. The standard InChI is InChI=1S/C23H30F3N5O.HI/c1-27-23(28-13-16-8-9-19(24)17(12-16)14-30(2)3)29-18-10-11-31(15-18)20-6-4-5-7-21(20)32-22(25)26;/h4-9,12,18,22H,10-11,13-15H2,1-3H3,(H2,27,28,29);1H. The first-order valence-corrected chi connectivity index (χ1v) is 10.5. The van der Waals surface area contributed by atoms with Gasteiger partial charge in [0.15, 0.2) is 5.96 Å². The summed E-state index contributed by atoms with van der Waals surface area (Å²) in [5, 5.41) is 6.65. The van der Waals surface area contributed by atoms with E-state index in [9.17, 15) is 13.2 Å². The molecule has 0 aliphatic carbocycles. The number of nitrogens with one attached hydrogen (secondary N) is 2. The summed E-state index contributed by atoms with van der Waals surface area (Å²) >= 11 is 0. The number of aliphatic imine (C=N–C) groups is 1. The molecule has 33 heavy (non-hydrogen) atoms. The van der Waals surface area contributed by atoms with Crippen LogP contribution in [0.2, 0.25) is 0 Å². The molecule has 0 saturated carbocycles.